The zero-order chi connectivity index (χ0) is 10.9. The third-order valence-corrected chi connectivity index (χ3v) is 3.46. The summed E-state index contributed by atoms with van der Waals surface area (Å²) in [6.07, 6.45) is 7.06. The van der Waals surface area contributed by atoms with Crippen molar-refractivity contribution in [2.24, 2.45) is 11.3 Å². The van der Waals surface area contributed by atoms with Crippen LogP contribution in [0.5, 0.6) is 0 Å². The fraction of sp³-hybridized carbons (Fsp3) is 0.818. The molecule has 1 aromatic rings. The predicted molar refractivity (Wildman–Crippen MR) is 60.2 cm³/mol. The van der Waals surface area contributed by atoms with Gasteiger partial charge in [-0.1, -0.05) is 19.1 Å². The molecule has 0 aliphatic heterocycles. The lowest BCUT2D eigenvalue weighted by molar-refractivity contribution is 0.175. The van der Waals surface area contributed by atoms with Crippen molar-refractivity contribution in [2.45, 2.75) is 46.1 Å². The molecule has 0 spiro atoms. The Morgan fingerprint density at radius 3 is 2.67 bits per heavy atom. The maximum absolute atomic E-state index is 5.53. The molecule has 1 aliphatic carbocycles. The summed E-state index contributed by atoms with van der Waals surface area (Å²) in [5.74, 6) is 1.27. The number of hydrogen-bond donors (Lipinski definition) is 1. The first-order chi connectivity index (χ1) is 7.05. The second kappa shape index (κ2) is 3.83. The molecule has 1 aromatic heterocycles. The Balaban J connectivity index is 1.87. The maximum atomic E-state index is 5.53. The lowest BCUT2D eigenvalue weighted by atomic mass is 9.73. The van der Waals surface area contributed by atoms with Crippen molar-refractivity contribution in [1.29, 1.82) is 0 Å². The number of nitrogens with zero attached hydrogens (tertiary/aromatic N) is 3. The molecule has 2 N–H and O–H groups in total. The van der Waals surface area contributed by atoms with Crippen molar-refractivity contribution in [3.8, 4) is 0 Å². The minimum atomic E-state index is 0.520. The molecule has 1 saturated carbocycles. The van der Waals surface area contributed by atoms with Crippen molar-refractivity contribution in [3.05, 3.63) is 6.20 Å². The molecule has 0 atom stereocenters. The van der Waals surface area contributed by atoms with Crippen LogP contribution in [0.15, 0.2) is 6.20 Å². The quantitative estimate of drug-likeness (QED) is 0.809. The van der Waals surface area contributed by atoms with Gasteiger partial charge in [-0.3, -0.25) is 4.68 Å². The summed E-state index contributed by atoms with van der Waals surface area (Å²) in [5, 5.41) is 7.79. The van der Waals surface area contributed by atoms with Crippen molar-refractivity contribution in [2.75, 3.05) is 5.73 Å². The summed E-state index contributed by atoms with van der Waals surface area (Å²) in [6, 6.07) is 0. The molecule has 1 fully saturated rings. The van der Waals surface area contributed by atoms with Crippen LogP contribution in [-0.4, -0.2) is 15.0 Å². The lowest BCUT2D eigenvalue weighted by Crippen LogP contribution is -2.24. The van der Waals surface area contributed by atoms with Gasteiger partial charge in [0, 0.05) is 6.54 Å². The van der Waals surface area contributed by atoms with Crippen LogP contribution < -0.4 is 5.73 Å². The van der Waals surface area contributed by atoms with Gasteiger partial charge < -0.3 is 5.73 Å². The van der Waals surface area contributed by atoms with E-state index in [1.807, 2.05) is 10.9 Å². The van der Waals surface area contributed by atoms with E-state index in [0.29, 0.717) is 11.2 Å². The molecule has 84 valence electrons. The third-order valence-electron chi connectivity index (χ3n) is 3.46. The number of nitrogens with two attached hydrogens (primary N) is 1. The molecular formula is C11H20N4. The minimum Gasteiger partial charge on any atom is -0.381 e. The standard InChI is InChI=1S/C11H20N4/c1-11(2)5-3-9(4-6-11)7-15-8-10(12)13-14-15/h8-9H,3-7,12H2,1-2H3. The molecule has 1 heterocycles. The average Bonchev–Trinajstić information content (AvgIpc) is 2.55. The van der Waals surface area contributed by atoms with Crippen LogP contribution in [-0.2, 0) is 6.54 Å². The highest BCUT2D eigenvalue weighted by atomic mass is 15.4. The van der Waals surface area contributed by atoms with Crippen LogP contribution in [0.25, 0.3) is 0 Å². The fourth-order valence-electron chi connectivity index (χ4n) is 2.31. The van der Waals surface area contributed by atoms with Gasteiger partial charge in [0.15, 0.2) is 5.82 Å². The Kier molecular flexibility index (Phi) is 2.67. The molecule has 15 heavy (non-hydrogen) atoms. The number of nitrogen functional groups attached to an aromatic ring is 1. The zero-order valence-corrected chi connectivity index (χ0v) is 9.61. The van der Waals surface area contributed by atoms with E-state index in [1.165, 1.54) is 25.7 Å². The van der Waals surface area contributed by atoms with E-state index in [-0.39, 0.29) is 0 Å². The molecule has 0 bridgehead atoms. The smallest absolute Gasteiger partial charge is 0.165 e. The molecule has 4 heteroatoms. The average molecular weight is 208 g/mol. The van der Waals surface area contributed by atoms with Crippen LogP contribution in [0.3, 0.4) is 0 Å². The highest BCUT2D eigenvalue weighted by Gasteiger charge is 2.26. The van der Waals surface area contributed by atoms with Crippen molar-refractivity contribution in [1.82, 2.24) is 15.0 Å². The van der Waals surface area contributed by atoms with Gasteiger partial charge in [-0.25, -0.2) is 0 Å². The number of aromatic nitrogens is 3. The van der Waals surface area contributed by atoms with Gasteiger partial charge in [-0.05, 0) is 37.0 Å². The van der Waals surface area contributed by atoms with Crippen molar-refractivity contribution in [3.63, 3.8) is 0 Å². The highest BCUT2D eigenvalue weighted by molar-refractivity contribution is 5.19. The largest absolute Gasteiger partial charge is 0.381 e. The number of rotatable bonds is 2. The van der Waals surface area contributed by atoms with Crippen LogP contribution >= 0.6 is 0 Å². The Bertz CT molecular complexity index is 319. The monoisotopic (exact) mass is 208 g/mol. The van der Waals surface area contributed by atoms with Gasteiger partial charge in [0.25, 0.3) is 0 Å². The van der Waals surface area contributed by atoms with Gasteiger partial charge in [-0.2, -0.15) is 0 Å². The molecule has 0 radical (unpaired) electrons. The van der Waals surface area contributed by atoms with Crippen LogP contribution in [0.1, 0.15) is 39.5 Å². The molecule has 0 saturated heterocycles. The Hall–Kier alpha value is -1.06. The molecular weight excluding hydrogens is 188 g/mol. The SMILES string of the molecule is CC1(C)CCC(Cn2cc(N)nn2)CC1. The fourth-order valence-corrected chi connectivity index (χ4v) is 2.31. The van der Waals surface area contributed by atoms with Gasteiger partial charge >= 0.3 is 0 Å². The number of anilines is 1. The molecule has 1 aliphatic rings. The van der Waals surface area contributed by atoms with Crippen LogP contribution in [0.2, 0.25) is 0 Å². The van der Waals surface area contributed by atoms with E-state index in [2.05, 4.69) is 24.2 Å². The summed E-state index contributed by atoms with van der Waals surface area (Å²) in [4.78, 5) is 0. The van der Waals surface area contributed by atoms with E-state index in [9.17, 15) is 0 Å². The van der Waals surface area contributed by atoms with Gasteiger partial charge in [0.1, 0.15) is 0 Å². The minimum absolute atomic E-state index is 0.520. The van der Waals surface area contributed by atoms with E-state index in [4.69, 9.17) is 5.73 Å². The zero-order valence-electron chi connectivity index (χ0n) is 9.61. The topological polar surface area (TPSA) is 56.7 Å². The highest BCUT2D eigenvalue weighted by Crippen LogP contribution is 2.38. The Labute approximate surface area is 90.8 Å². The third kappa shape index (κ3) is 2.70. The molecule has 0 amide bonds. The van der Waals surface area contributed by atoms with E-state index < -0.39 is 0 Å². The van der Waals surface area contributed by atoms with Crippen molar-refractivity contribution < 1.29 is 0 Å². The molecule has 2 rings (SSSR count). The first-order valence-corrected chi connectivity index (χ1v) is 5.71. The van der Waals surface area contributed by atoms with Crippen molar-refractivity contribution >= 4 is 5.82 Å². The van der Waals surface area contributed by atoms with Gasteiger partial charge in [0.2, 0.25) is 0 Å². The first kappa shape index (κ1) is 10.5. The maximum Gasteiger partial charge on any atom is 0.165 e. The lowest BCUT2D eigenvalue weighted by Gasteiger charge is -2.34. The Morgan fingerprint density at radius 2 is 2.13 bits per heavy atom. The van der Waals surface area contributed by atoms with E-state index >= 15 is 0 Å². The van der Waals surface area contributed by atoms with E-state index in [0.717, 1.165) is 12.5 Å². The normalized spacial score (nSPS) is 21.7. The second-order valence-corrected chi connectivity index (χ2v) is 5.47. The van der Waals surface area contributed by atoms with Crippen LogP contribution in [0.4, 0.5) is 5.82 Å². The van der Waals surface area contributed by atoms with Gasteiger partial charge in [-0.15, -0.1) is 5.10 Å². The van der Waals surface area contributed by atoms with E-state index in [1.54, 1.807) is 0 Å². The summed E-state index contributed by atoms with van der Waals surface area (Å²) in [7, 11) is 0. The van der Waals surface area contributed by atoms with Crippen LogP contribution in [0, 0.1) is 11.3 Å². The Morgan fingerprint density at radius 1 is 1.47 bits per heavy atom. The first-order valence-electron chi connectivity index (χ1n) is 5.71. The van der Waals surface area contributed by atoms with Gasteiger partial charge in [0.05, 0.1) is 6.20 Å². The number of hydrogen-bond acceptors (Lipinski definition) is 3. The second-order valence-electron chi connectivity index (χ2n) is 5.47. The summed E-state index contributed by atoms with van der Waals surface area (Å²) < 4.78 is 1.87. The predicted octanol–water partition coefficient (Wildman–Crippen LogP) is 2.08. The summed E-state index contributed by atoms with van der Waals surface area (Å²) in [6.45, 7) is 5.69. The molecule has 0 unspecified atom stereocenters. The molecule has 4 nitrogen and oxygen atoms in total. The summed E-state index contributed by atoms with van der Waals surface area (Å²) in [5.41, 5.74) is 6.07. The summed E-state index contributed by atoms with van der Waals surface area (Å²) >= 11 is 0. The molecule has 0 aromatic carbocycles.